The third kappa shape index (κ3) is 4.33. The van der Waals surface area contributed by atoms with E-state index in [9.17, 15) is 0 Å². The van der Waals surface area contributed by atoms with Gasteiger partial charge in [0.15, 0.2) is 5.96 Å². The zero-order valence-electron chi connectivity index (χ0n) is 14.8. The molecule has 6 heteroatoms. The minimum Gasteiger partial charge on any atom is -0.352 e. The summed E-state index contributed by atoms with van der Waals surface area (Å²) in [6.07, 6.45) is 1.85. The van der Waals surface area contributed by atoms with Crippen molar-refractivity contribution in [2.75, 3.05) is 7.05 Å². The number of rotatable bonds is 5. The molecule has 3 rings (SSSR count). The Balaban J connectivity index is 1.60. The van der Waals surface area contributed by atoms with E-state index in [0.29, 0.717) is 19.0 Å². The number of nitrogens with one attached hydrogen (secondary N) is 2. The van der Waals surface area contributed by atoms with Crippen LogP contribution in [0.15, 0.2) is 46.9 Å². The first-order chi connectivity index (χ1) is 12.2. The Bertz CT molecular complexity index is 864. The molecule has 0 bridgehead atoms. The van der Waals surface area contributed by atoms with Crippen molar-refractivity contribution < 1.29 is 0 Å². The molecule has 0 radical (unpaired) electrons. The topological polar surface area (TPSA) is 62.2 Å². The molecule has 25 heavy (non-hydrogen) atoms. The monoisotopic (exact) mass is 353 g/mol. The van der Waals surface area contributed by atoms with Crippen molar-refractivity contribution in [2.24, 2.45) is 4.99 Å². The van der Waals surface area contributed by atoms with Gasteiger partial charge in [0.25, 0.3) is 0 Å². The predicted octanol–water partition coefficient (Wildman–Crippen LogP) is 3.68. The Morgan fingerprint density at radius 2 is 1.96 bits per heavy atom. The zero-order chi connectivity index (χ0) is 17.6. The van der Waals surface area contributed by atoms with Crippen LogP contribution in [0, 0.1) is 0 Å². The lowest BCUT2D eigenvalue weighted by molar-refractivity contribution is 0.786. The van der Waals surface area contributed by atoms with E-state index >= 15 is 0 Å². The van der Waals surface area contributed by atoms with Crippen molar-refractivity contribution in [1.29, 1.82) is 0 Å². The third-order valence-corrected chi connectivity index (χ3v) is 4.84. The summed E-state index contributed by atoms with van der Waals surface area (Å²) in [7, 11) is 1.78. The number of benzene rings is 1. The minimum atomic E-state index is 0.461. The maximum atomic E-state index is 4.64. The number of aliphatic imine (C=N–C) groups is 1. The van der Waals surface area contributed by atoms with Gasteiger partial charge in [-0.1, -0.05) is 32.0 Å². The molecule has 130 valence electrons. The Labute approximate surface area is 152 Å². The van der Waals surface area contributed by atoms with Gasteiger partial charge in [-0.05, 0) is 23.6 Å². The number of nitrogens with zero attached hydrogens (tertiary/aromatic N) is 3. The highest BCUT2D eigenvalue weighted by Gasteiger charge is 2.07. The number of pyridine rings is 1. The van der Waals surface area contributed by atoms with Crippen LogP contribution in [0.2, 0.25) is 0 Å². The second-order valence-corrected chi connectivity index (χ2v) is 7.03. The number of guanidine groups is 1. The van der Waals surface area contributed by atoms with E-state index in [0.717, 1.165) is 27.6 Å². The molecule has 0 spiro atoms. The third-order valence-electron chi connectivity index (χ3n) is 3.98. The summed E-state index contributed by atoms with van der Waals surface area (Å²) in [5.74, 6) is 1.23. The van der Waals surface area contributed by atoms with Gasteiger partial charge >= 0.3 is 0 Å². The smallest absolute Gasteiger partial charge is 0.191 e. The largest absolute Gasteiger partial charge is 0.352 e. The fourth-order valence-electron chi connectivity index (χ4n) is 2.54. The molecule has 0 amide bonds. The zero-order valence-corrected chi connectivity index (χ0v) is 15.6. The summed E-state index contributed by atoms with van der Waals surface area (Å²) in [6.45, 7) is 5.68. The predicted molar refractivity (Wildman–Crippen MR) is 105 cm³/mol. The molecule has 0 aliphatic carbocycles. The molecule has 2 heterocycles. The van der Waals surface area contributed by atoms with Gasteiger partial charge in [0.05, 0.1) is 17.8 Å². The summed E-state index contributed by atoms with van der Waals surface area (Å²) >= 11 is 1.68. The van der Waals surface area contributed by atoms with Crippen LogP contribution in [-0.2, 0) is 13.1 Å². The van der Waals surface area contributed by atoms with Crippen LogP contribution in [0.5, 0.6) is 0 Å². The lowest BCUT2D eigenvalue weighted by Crippen LogP contribution is -2.36. The highest BCUT2D eigenvalue weighted by Crippen LogP contribution is 2.18. The molecule has 0 fully saturated rings. The van der Waals surface area contributed by atoms with Gasteiger partial charge in [-0.15, -0.1) is 11.3 Å². The fraction of sp³-hybridized carbons (Fsp3) is 0.316. The van der Waals surface area contributed by atoms with Gasteiger partial charge in [-0.25, -0.2) is 4.98 Å². The molecule has 0 unspecified atom stereocenters. The van der Waals surface area contributed by atoms with Crippen molar-refractivity contribution in [3.8, 4) is 0 Å². The summed E-state index contributed by atoms with van der Waals surface area (Å²) in [4.78, 5) is 13.3. The first-order valence-electron chi connectivity index (χ1n) is 8.39. The Kier molecular flexibility index (Phi) is 5.60. The van der Waals surface area contributed by atoms with E-state index < -0.39 is 0 Å². The standard InChI is InChI=1S/C19H23N5S/c1-13(2)17-12-25-18(24-17)11-23-19(20-3)22-10-14-8-9-21-16-7-5-4-6-15(14)16/h4-9,12-13H,10-11H2,1-3H3,(H2,20,22,23). The van der Waals surface area contributed by atoms with E-state index in [1.54, 1.807) is 18.4 Å². The van der Waals surface area contributed by atoms with Gasteiger partial charge in [-0.3, -0.25) is 9.98 Å². The van der Waals surface area contributed by atoms with Crippen molar-refractivity contribution in [2.45, 2.75) is 32.9 Å². The van der Waals surface area contributed by atoms with Crippen molar-refractivity contribution in [3.05, 3.63) is 58.2 Å². The number of hydrogen-bond donors (Lipinski definition) is 2. The highest BCUT2D eigenvalue weighted by molar-refractivity contribution is 7.09. The summed E-state index contributed by atoms with van der Waals surface area (Å²) in [6, 6.07) is 10.2. The van der Waals surface area contributed by atoms with Crippen molar-refractivity contribution in [3.63, 3.8) is 0 Å². The van der Waals surface area contributed by atoms with E-state index in [2.05, 4.69) is 50.9 Å². The Hall–Kier alpha value is -2.47. The molecule has 2 N–H and O–H groups in total. The average Bonchev–Trinajstić information content (AvgIpc) is 3.11. The SMILES string of the molecule is CN=C(NCc1nc(C(C)C)cs1)NCc1ccnc2ccccc12. The molecular weight excluding hydrogens is 330 g/mol. The van der Waals surface area contributed by atoms with Gasteiger partial charge in [0.1, 0.15) is 5.01 Å². The number of para-hydroxylation sites is 1. The first kappa shape index (κ1) is 17.4. The van der Waals surface area contributed by atoms with Gasteiger partial charge in [0, 0.05) is 30.6 Å². The number of thiazole rings is 1. The average molecular weight is 353 g/mol. The number of fused-ring (bicyclic) bond motifs is 1. The summed E-state index contributed by atoms with van der Waals surface area (Å²) < 4.78 is 0. The number of hydrogen-bond acceptors (Lipinski definition) is 4. The molecule has 0 aliphatic rings. The van der Waals surface area contributed by atoms with Gasteiger partial charge in [0.2, 0.25) is 0 Å². The van der Waals surface area contributed by atoms with Crippen LogP contribution >= 0.6 is 11.3 Å². The van der Waals surface area contributed by atoms with E-state index in [4.69, 9.17) is 0 Å². The normalized spacial score (nSPS) is 11.9. The van der Waals surface area contributed by atoms with E-state index in [1.165, 1.54) is 5.56 Å². The lowest BCUT2D eigenvalue weighted by atomic mass is 10.1. The molecule has 1 aromatic carbocycles. The van der Waals surface area contributed by atoms with Gasteiger partial charge in [-0.2, -0.15) is 0 Å². The fourth-order valence-corrected chi connectivity index (χ4v) is 3.43. The molecule has 0 saturated carbocycles. The van der Waals surface area contributed by atoms with Crippen LogP contribution < -0.4 is 10.6 Å². The molecule has 0 aliphatic heterocycles. The first-order valence-corrected chi connectivity index (χ1v) is 9.26. The van der Waals surface area contributed by atoms with Crippen LogP contribution in [-0.4, -0.2) is 23.0 Å². The summed E-state index contributed by atoms with van der Waals surface area (Å²) in [5, 5.41) is 11.1. The second-order valence-electron chi connectivity index (χ2n) is 6.09. The second kappa shape index (κ2) is 8.07. The van der Waals surface area contributed by atoms with Gasteiger partial charge < -0.3 is 10.6 Å². The molecule has 0 atom stereocenters. The van der Waals surface area contributed by atoms with Crippen LogP contribution in [0.3, 0.4) is 0 Å². The quantitative estimate of drug-likeness (QED) is 0.542. The minimum absolute atomic E-state index is 0.461. The maximum Gasteiger partial charge on any atom is 0.191 e. The molecule has 3 aromatic rings. The Morgan fingerprint density at radius 1 is 1.16 bits per heavy atom. The molecule has 0 saturated heterocycles. The van der Waals surface area contributed by atoms with Crippen LogP contribution in [0.1, 0.15) is 36.0 Å². The molecule has 2 aromatic heterocycles. The Morgan fingerprint density at radius 3 is 2.72 bits per heavy atom. The van der Waals surface area contributed by atoms with Crippen molar-refractivity contribution >= 4 is 28.2 Å². The van der Waals surface area contributed by atoms with Crippen LogP contribution in [0.4, 0.5) is 0 Å². The van der Waals surface area contributed by atoms with Crippen molar-refractivity contribution in [1.82, 2.24) is 20.6 Å². The maximum absolute atomic E-state index is 4.64. The van der Waals surface area contributed by atoms with Crippen LogP contribution in [0.25, 0.3) is 10.9 Å². The summed E-state index contributed by atoms with van der Waals surface area (Å²) in [5.41, 5.74) is 3.35. The van der Waals surface area contributed by atoms with E-state index in [1.807, 2.05) is 30.5 Å². The lowest BCUT2D eigenvalue weighted by Gasteiger charge is -2.12. The molecule has 5 nitrogen and oxygen atoms in total. The van der Waals surface area contributed by atoms with E-state index in [-0.39, 0.29) is 0 Å². The molecular formula is C19H23N5S. The highest BCUT2D eigenvalue weighted by atomic mass is 32.1. The number of aromatic nitrogens is 2.